The number of hydrogen-bond acceptors (Lipinski definition) is 4. The average Bonchev–Trinajstić information content (AvgIpc) is 2.59. The standard InChI is InChI=1S/C14H22N2O3S/c1-9(2)15-11(18)7-16-12(19)8-20-13(16)6-10(17)14(3,4)5/h6,9H,7-8H2,1-5H3,(H,15,18)/b13-6+. The van der Waals surface area contributed by atoms with E-state index >= 15 is 0 Å². The topological polar surface area (TPSA) is 66.5 Å². The quantitative estimate of drug-likeness (QED) is 0.800. The van der Waals surface area contributed by atoms with Crippen LogP contribution in [-0.2, 0) is 14.4 Å². The molecular weight excluding hydrogens is 276 g/mol. The van der Waals surface area contributed by atoms with Crippen molar-refractivity contribution in [3.8, 4) is 0 Å². The molecule has 0 aromatic carbocycles. The zero-order valence-electron chi connectivity index (χ0n) is 12.6. The third-order valence-corrected chi connectivity index (χ3v) is 3.68. The number of allylic oxidation sites excluding steroid dienone is 1. The van der Waals surface area contributed by atoms with Crippen LogP contribution in [0.5, 0.6) is 0 Å². The lowest BCUT2D eigenvalue weighted by Crippen LogP contribution is -2.40. The Morgan fingerprint density at radius 2 is 2.00 bits per heavy atom. The van der Waals surface area contributed by atoms with E-state index in [9.17, 15) is 14.4 Å². The summed E-state index contributed by atoms with van der Waals surface area (Å²) in [5.74, 6) is -0.131. The van der Waals surface area contributed by atoms with Crippen molar-refractivity contribution in [3.05, 3.63) is 11.1 Å². The average molecular weight is 298 g/mol. The fourth-order valence-corrected chi connectivity index (χ4v) is 2.48. The lowest BCUT2D eigenvalue weighted by Gasteiger charge is -2.19. The van der Waals surface area contributed by atoms with E-state index in [4.69, 9.17) is 0 Å². The van der Waals surface area contributed by atoms with Crippen molar-refractivity contribution in [3.63, 3.8) is 0 Å². The van der Waals surface area contributed by atoms with Crippen LogP contribution in [0.2, 0.25) is 0 Å². The van der Waals surface area contributed by atoms with E-state index in [1.54, 1.807) is 0 Å². The normalized spacial score (nSPS) is 18.0. The lowest BCUT2D eigenvalue weighted by molar-refractivity contribution is -0.131. The summed E-state index contributed by atoms with van der Waals surface area (Å²) in [6.45, 7) is 9.15. The van der Waals surface area contributed by atoms with Crippen molar-refractivity contribution < 1.29 is 14.4 Å². The van der Waals surface area contributed by atoms with Gasteiger partial charge in [0.15, 0.2) is 5.78 Å². The maximum atomic E-state index is 12.0. The Morgan fingerprint density at radius 1 is 1.40 bits per heavy atom. The van der Waals surface area contributed by atoms with Crippen molar-refractivity contribution in [1.82, 2.24) is 10.2 Å². The van der Waals surface area contributed by atoms with Gasteiger partial charge in [-0.25, -0.2) is 0 Å². The smallest absolute Gasteiger partial charge is 0.240 e. The van der Waals surface area contributed by atoms with Crippen molar-refractivity contribution >= 4 is 29.4 Å². The number of carbonyl (C=O) groups excluding carboxylic acids is 3. The largest absolute Gasteiger partial charge is 0.352 e. The molecule has 1 N–H and O–H groups in total. The first kappa shape index (κ1) is 16.8. The van der Waals surface area contributed by atoms with Crippen LogP contribution in [0.15, 0.2) is 11.1 Å². The van der Waals surface area contributed by atoms with Gasteiger partial charge in [-0.3, -0.25) is 19.3 Å². The highest BCUT2D eigenvalue weighted by Crippen LogP contribution is 2.30. The van der Waals surface area contributed by atoms with Crippen molar-refractivity contribution in [2.45, 2.75) is 40.7 Å². The molecule has 0 saturated carbocycles. The molecule has 112 valence electrons. The minimum atomic E-state index is -0.495. The second-order valence-electron chi connectivity index (χ2n) is 6.09. The second-order valence-corrected chi connectivity index (χ2v) is 7.08. The number of nitrogens with one attached hydrogen (secondary N) is 1. The molecule has 2 amide bonds. The van der Waals surface area contributed by atoms with Gasteiger partial charge in [-0.05, 0) is 13.8 Å². The highest BCUT2D eigenvalue weighted by molar-refractivity contribution is 8.04. The summed E-state index contributed by atoms with van der Waals surface area (Å²) < 4.78 is 0. The van der Waals surface area contributed by atoms with Gasteiger partial charge in [0.05, 0.1) is 10.8 Å². The van der Waals surface area contributed by atoms with E-state index in [1.807, 2.05) is 34.6 Å². The van der Waals surface area contributed by atoms with Gasteiger partial charge >= 0.3 is 0 Å². The molecule has 0 unspecified atom stereocenters. The summed E-state index contributed by atoms with van der Waals surface area (Å²) in [6.07, 6.45) is 1.47. The molecule has 0 aromatic heterocycles. The van der Waals surface area contributed by atoms with E-state index < -0.39 is 5.41 Å². The molecule has 1 aliphatic heterocycles. The van der Waals surface area contributed by atoms with Gasteiger partial charge in [0.2, 0.25) is 11.8 Å². The molecule has 5 nitrogen and oxygen atoms in total. The van der Waals surface area contributed by atoms with Gasteiger partial charge in [-0.15, -0.1) is 0 Å². The molecule has 0 aromatic rings. The maximum absolute atomic E-state index is 12.0. The number of amides is 2. The summed E-state index contributed by atoms with van der Waals surface area (Å²) in [6, 6.07) is 0.0245. The van der Waals surface area contributed by atoms with Crippen molar-refractivity contribution in [1.29, 1.82) is 0 Å². The van der Waals surface area contributed by atoms with Crippen LogP contribution in [0.3, 0.4) is 0 Å². The second kappa shape index (κ2) is 6.43. The van der Waals surface area contributed by atoms with Crippen molar-refractivity contribution in [2.24, 2.45) is 5.41 Å². The van der Waals surface area contributed by atoms with Gasteiger partial charge in [0, 0.05) is 17.5 Å². The van der Waals surface area contributed by atoms with E-state index in [0.717, 1.165) is 0 Å². The molecule has 0 radical (unpaired) electrons. The molecule has 1 aliphatic rings. The Hall–Kier alpha value is -1.30. The molecule has 1 fully saturated rings. The fraction of sp³-hybridized carbons (Fsp3) is 0.643. The Bertz CT molecular complexity index is 450. The van der Waals surface area contributed by atoms with Crippen LogP contribution >= 0.6 is 11.8 Å². The Morgan fingerprint density at radius 3 is 2.50 bits per heavy atom. The predicted octanol–water partition coefficient (Wildman–Crippen LogP) is 1.54. The highest BCUT2D eigenvalue weighted by atomic mass is 32.2. The van der Waals surface area contributed by atoms with Gasteiger partial charge < -0.3 is 5.32 Å². The first-order valence-corrected chi connectivity index (χ1v) is 7.58. The SMILES string of the molecule is CC(C)NC(=O)CN1C(=O)CS/C1=C/C(=O)C(C)(C)C. The van der Waals surface area contributed by atoms with Gasteiger partial charge in [-0.2, -0.15) is 0 Å². The highest BCUT2D eigenvalue weighted by Gasteiger charge is 2.30. The van der Waals surface area contributed by atoms with Gasteiger partial charge in [0.1, 0.15) is 6.54 Å². The Labute approximate surface area is 124 Å². The summed E-state index contributed by atoms with van der Waals surface area (Å²) in [7, 11) is 0. The summed E-state index contributed by atoms with van der Waals surface area (Å²) in [4.78, 5) is 37.0. The molecule has 6 heteroatoms. The number of rotatable bonds is 4. The van der Waals surface area contributed by atoms with E-state index in [1.165, 1.54) is 22.7 Å². The molecule has 1 saturated heterocycles. The van der Waals surface area contributed by atoms with Crippen LogP contribution in [0, 0.1) is 5.41 Å². The Kier molecular flexibility index (Phi) is 5.39. The lowest BCUT2D eigenvalue weighted by atomic mass is 9.91. The minimum Gasteiger partial charge on any atom is -0.352 e. The van der Waals surface area contributed by atoms with Crippen LogP contribution in [0.1, 0.15) is 34.6 Å². The number of thioether (sulfide) groups is 1. The number of carbonyl (C=O) groups is 3. The zero-order chi connectivity index (χ0) is 15.5. The van der Waals surface area contributed by atoms with E-state index in [-0.39, 0.29) is 35.9 Å². The monoisotopic (exact) mass is 298 g/mol. The van der Waals surface area contributed by atoms with Crippen LogP contribution in [0.25, 0.3) is 0 Å². The number of ketones is 1. The van der Waals surface area contributed by atoms with Crippen LogP contribution < -0.4 is 5.32 Å². The molecule has 1 heterocycles. The predicted molar refractivity (Wildman–Crippen MR) is 80.0 cm³/mol. The third-order valence-electron chi connectivity index (χ3n) is 2.66. The summed E-state index contributed by atoms with van der Waals surface area (Å²) >= 11 is 1.30. The first-order chi connectivity index (χ1) is 9.11. The summed E-state index contributed by atoms with van der Waals surface area (Å²) in [5.41, 5.74) is -0.495. The van der Waals surface area contributed by atoms with Crippen molar-refractivity contribution in [2.75, 3.05) is 12.3 Å². The van der Waals surface area contributed by atoms with Crippen LogP contribution in [0.4, 0.5) is 0 Å². The summed E-state index contributed by atoms with van der Waals surface area (Å²) in [5, 5.41) is 3.30. The van der Waals surface area contributed by atoms with Gasteiger partial charge in [-0.1, -0.05) is 32.5 Å². The number of hydrogen-bond donors (Lipinski definition) is 1. The number of nitrogens with zero attached hydrogens (tertiary/aromatic N) is 1. The maximum Gasteiger partial charge on any atom is 0.240 e. The zero-order valence-corrected chi connectivity index (χ0v) is 13.5. The third kappa shape index (κ3) is 4.67. The minimum absolute atomic E-state index is 0.0245. The van der Waals surface area contributed by atoms with Gasteiger partial charge in [0.25, 0.3) is 0 Å². The molecule has 0 aliphatic carbocycles. The molecular formula is C14H22N2O3S. The fourth-order valence-electron chi connectivity index (χ4n) is 1.54. The molecule has 0 atom stereocenters. The van der Waals surface area contributed by atoms with E-state index in [2.05, 4.69) is 5.32 Å². The Balaban J connectivity index is 2.82. The van der Waals surface area contributed by atoms with Crippen LogP contribution in [-0.4, -0.2) is 40.8 Å². The molecule has 1 rings (SSSR count). The first-order valence-electron chi connectivity index (χ1n) is 6.60. The molecule has 0 bridgehead atoms. The molecule has 20 heavy (non-hydrogen) atoms. The van der Waals surface area contributed by atoms with E-state index in [0.29, 0.717) is 5.03 Å². The molecule has 0 spiro atoms.